The van der Waals surface area contributed by atoms with E-state index in [-0.39, 0.29) is 18.4 Å². The summed E-state index contributed by atoms with van der Waals surface area (Å²) in [7, 11) is 0. The Kier molecular flexibility index (Phi) is 6.05. The monoisotopic (exact) mass is 314 g/mol. The van der Waals surface area contributed by atoms with Crippen LogP contribution in [0.2, 0.25) is 0 Å². The molecule has 7 heteroatoms. The molecule has 1 aromatic heterocycles. The molecule has 2 aromatic rings. The van der Waals surface area contributed by atoms with Crippen molar-refractivity contribution in [2.24, 2.45) is 0 Å². The molecule has 0 spiro atoms. The lowest BCUT2D eigenvalue weighted by molar-refractivity contribution is -0.123. The van der Waals surface area contributed by atoms with Gasteiger partial charge in [0.1, 0.15) is 17.3 Å². The smallest absolute Gasteiger partial charge is 0.270 e. The Balaban J connectivity index is 1.63. The summed E-state index contributed by atoms with van der Waals surface area (Å²) in [5.74, 6) is 0.616. The summed E-state index contributed by atoms with van der Waals surface area (Å²) >= 11 is 0. The minimum Gasteiger partial charge on any atom is -0.484 e. The summed E-state index contributed by atoms with van der Waals surface area (Å²) < 4.78 is 5.31. The Hall–Kier alpha value is -2.96. The number of ether oxygens (including phenoxy) is 1. The lowest BCUT2D eigenvalue weighted by Crippen LogP contribution is -2.37. The van der Waals surface area contributed by atoms with E-state index < -0.39 is 0 Å². The molecule has 1 heterocycles. The van der Waals surface area contributed by atoms with Crippen molar-refractivity contribution >= 4 is 11.8 Å². The summed E-state index contributed by atoms with van der Waals surface area (Å²) in [4.78, 5) is 31.4. The summed E-state index contributed by atoms with van der Waals surface area (Å²) in [5.41, 5.74) is 0.302. The molecule has 120 valence electrons. The molecule has 2 N–H and O–H groups in total. The molecule has 1 aromatic carbocycles. The lowest BCUT2D eigenvalue weighted by Gasteiger charge is -2.08. The summed E-state index contributed by atoms with van der Waals surface area (Å²) in [6, 6.07) is 10.6. The van der Waals surface area contributed by atoms with E-state index in [1.54, 1.807) is 19.1 Å². The van der Waals surface area contributed by atoms with Crippen molar-refractivity contribution in [2.75, 3.05) is 19.7 Å². The first-order chi connectivity index (χ1) is 11.1. The molecule has 0 saturated heterocycles. The first-order valence-corrected chi connectivity index (χ1v) is 7.17. The molecule has 0 fully saturated rings. The van der Waals surface area contributed by atoms with Crippen molar-refractivity contribution in [1.82, 2.24) is 20.6 Å². The average Bonchev–Trinajstić information content (AvgIpc) is 2.57. The maximum absolute atomic E-state index is 11.8. The van der Waals surface area contributed by atoms with Gasteiger partial charge in [0.2, 0.25) is 0 Å². The van der Waals surface area contributed by atoms with Gasteiger partial charge >= 0.3 is 0 Å². The molecule has 0 aliphatic carbocycles. The van der Waals surface area contributed by atoms with Gasteiger partial charge in [0.05, 0.1) is 0 Å². The number of carbonyl (C=O) groups is 2. The van der Waals surface area contributed by atoms with Gasteiger partial charge in [-0.05, 0) is 25.1 Å². The van der Waals surface area contributed by atoms with E-state index in [0.717, 1.165) is 0 Å². The number of para-hydroxylation sites is 1. The van der Waals surface area contributed by atoms with Crippen LogP contribution in [0.15, 0.2) is 42.6 Å². The maximum atomic E-state index is 11.8. The fraction of sp³-hybridized carbons (Fsp3) is 0.250. The van der Waals surface area contributed by atoms with E-state index in [0.29, 0.717) is 30.4 Å². The second-order valence-electron chi connectivity index (χ2n) is 4.70. The van der Waals surface area contributed by atoms with Gasteiger partial charge in [-0.2, -0.15) is 0 Å². The predicted molar refractivity (Wildman–Crippen MR) is 84.0 cm³/mol. The first-order valence-electron chi connectivity index (χ1n) is 7.17. The van der Waals surface area contributed by atoms with E-state index in [1.807, 2.05) is 18.2 Å². The molecule has 2 rings (SSSR count). The minimum absolute atomic E-state index is 0.0664. The standard InChI is InChI=1S/C16H18N4O3/c1-12-17-8-7-14(20-12)16(22)19-10-9-18-15(21)11-23-13-5-3-2-4-6-13/h2-8H,9-11H2,1H3,(H,18,21)(H,19,22). The second-order valence-corrected chi connectivity index (χ2v) is 4.70. The van der Waals surface area contributed by atoms with E-state index >= 15 is 0 Å². The number of aryl methyl sites for hydroxylation is 1. The second kappa shape index (κ2) is 8.47. The van der Waals surface area contributed by atoms with Crippen LogP contribution in [0.25, 0.3) is 0 Å². The first kappa shape index (κ1) is 16.4. The fourth-order valence-electron chi connectivity index (χ4n) is 1.77. The van der Waals surface area contributed by atoms with E-state index in [4.69, 9.17) is 4.74 Å². The number of benzene rings is 1. The highest BCUT2D eigenvalue weighted by molar-refractivity contribution is 5.92. The number of amides is 2. The third-order valence-corrected chi connectivity index (χ3v) is 2.85. The molecule has 0 atom stereocenters. The normalized spacial score (nSPS) is 9.96. The van der Waals surface area contributed by atoms with Crippen LogP contribution in [0.3, 0.4) is 0 Å². The number of hydrogen-bond acceptors (Lipinski definition) is 5. The Morgan fingerprint density at radius 1 is 1.09 bits per heavy atom. The Labute approximate surface area is 134 Å². The van der Waals surface area contributed by atoms with Crippen LogP contribution >= 0.6 is 0 Å². The number of aromatic nitrogens is 2. The number of hydrogen-bond donors (Lipinski definition) is 2. The fourth-order valence-corrected chi connectivity index (χ4v) is 1.77. The Morgan fingerprint density at radius 3 is 2.57 bits per heavy atom. The highest BCUT2D eigenvalue weighted by Crippen LogP contribution is 2.07. The quantitative estimate of drug-likeness (QED) is 0.734. The lowest BCUT2D eigenvalue weighted by atomic mass is 10.3. The summed E-state index contributed by atoms with van der Waals surface area (Å²) in [5, 5.41) is 5.33. The molecule has 0 unspecified atom stereocenters. The molecule has 0 aliphatic rings. The van der Waals surface area contributed by atoms with Gasteiger partial charge in [0.25, 0.3) is 11.8 Å². The van der Waals surface area contributed by atoms with Crippen molar-refractivity contribution < 1.29 is 14.3 Å². The van der Waals surface area contributed by atoms with Crippen LogP contribution in [0.4, 0.5) is 0 Å². The molecule has 0 bridgehead atoms. The van der Waals surface area contributed by atoms with Crippen molar-refractivity contribution in [2.45, 2.75) is 6.92 Å². The van der Waals surface area contributed by atoms with Gasteiger partial charge in [0, 0.05) is 19.3 Å². The number of nitrogens with one attached hydrogen (secondary N) is 2. The summed E-state index contributed by atoms with van der Waals surface area (Å²) in [6.07, 6.45) is 1.53. The van der Waals surface area contributed by atoms with Crippen molar-refractivity contribution in [1.29, 1.82) is 0 Å². The minimum atomic E-state index is -0.301. The van der Waals surface area contributed by atoms with Gasteiger partial charge < -0.3 is 15.4 Å². The van der Waals surface area contributed by atoms with Crippen LogP contribution in [0.1, 0.15) is 16.3 Å². The maximum Gasteiger partial charge on any atom is 0.270 e. The third kappa shape index (κ3) is 5.74. The van der Waals surface area contributed by atoms with E-state index in [2.05, 4.69) is 20.6 Å². The van der Waals surface area contributed by atoms with Gasteiger partial charge in [-0.15, -0.1) is 0 Å². The summed E-state index contributed by atoms with van der Waals surface area (Å²) in [6.45, 7) is 2.26. The molecular formula is C16H18N4O3. The van der Waals surface area contributed by atoms with Crippen LogP contribution in [-0.4, -0.2) is 41.5 Å². The average molecular weight is 314 g/mol. The molecule has 0 radical (unpaired) electrons. The molecule has 7 nitrogen and oxygen atoms in total. The molecule has 0 aliphatic heterocycles. The Bertz CT molecular complexity index is 661. The third-order valence-electron chi connectivity index (χ3n) is 2.85. The topological polar surface area (TPSA) is 93.2 Å². The van der Waals surface area contributed by atoms with Gasteiger partial charge in [-0.1, -0.05) is 18.2 Å². The number of rotatable bonds is 7. The van der Waals surface area contributed by atoms with Gasteiger partial charge in [-0.25, -0.2) is 9.97 Å². The van der Waals surface area contributed by atoms with Crippen LogP contribution in [0.5, 0.6) is 5.75 Å². The van der Waals surface area contributed by atoms with Crippen LogP contribution < -0.4 is 15.4 Å². The largest absolute Gasteiger partial charge is 0.484 e. The van der Waals surface area contributed by atoms with Gasteiger partial charge in [0.15, 0.2) is 6.61 Å². The van der Waals surface area contributed by atoms with E-state index in [1.165, 1.54) is 12.3 Å². The molecule has 2 amide bonds. The van der Waals surface area contributed by atoms with Crippen LogP contribution in [-0.2, 0) is 4.79 Å². The molecule has 23 heavy (non-hydrogen) atoms. The number of carbonyl (C=O) groups excluding carboxylic acids is 2. The highest BCUT2D eigenvalue weighted by atomic mass is 16.5. The molecular weight excluding hydrogens is 296 g/mol. The van der Waals surface area contributed by atoms with Crippen molar-refractivity contribution in [3.63, 3.8) is 0 Å². The highest BCUT2D eigenvalue weighted by Gasteiger charge is 2.07. The van der Waals surface area contributed by atoms with E-state index in [9.17, 15) is 9.59 Å². The zero-order valence-corrected chi connectivity index (χ0v) is 12.8. The van der Waals surface area contributed by atoms with Crippen molar-refractivity contribution in [3.8, 4) is 5.75 Å². The Morgan fingerprint density at radius 2 is 1.83 bits per heavy atom. The SMILES string of the molecule is Cc1nccc(C(=O)NCCNC(=O)COc2ccccc2)n1. The molecule has 0 saturated carbocycles. The van der Waals surface area contributed by atoms with Gasteiger partial charge in [-0.3, -0.25) is 9.59 Å². The number of nitrogens with zero attached hydrogens (tertiary/aromatic N) is 2. The zero-order valence-electron chi connectivity index (χ0n) is 12.8. The zero-order chi connectivity index (χ0) is 16.5. The van der Waals surface area contributed by atoms with Crippen molar-refractivity contribution in [3.05, 3.63) is 54.1 Å². The predicted octanol–water partition coefficient (Wildman–Crippen LogP) is 0.710. The van der Waals surface area contributed by atoms with Crippen LogP contribution in [0, 0.1) is 6.92 Å².